The third kappa shape index (κ3) is 3.36. The van der Waals surface area contributed by atoms with Crippen LogP contribution in [0.1, 0.15) is 35.3 Å². The van der Waals surface area contributed by atoms with Gasteiger partial charge in [0.25, 0.3) is 5.91 Å². The fourth-order valence-electron chi connectivity index (χ4n) is 2.50. The Labute approximate surface area is 134 Å². The Hall–Kier alpha value is -2.76. The molecule has 0 fully saturated rings. The molecule has 1 aliphatic rings. The van der Waals surface area contributed by atoms with Crippen LogP contribution in [0.5, 0.6) is 11.5 Å². The second-order valence-electron chi connectivity index (χ2n) is 5.28. The van der Waals surface area contributed by atoms with Crippen molar-refractivity contribution in [2.75, 3.05) is 13.2 Å². The summed E-state index contributed by atoms with van der Waals surface area (Å²) < 4.78 is 11.7. The smallest absolute Gasteiger partial charge is 0.252 e. The minimum atomic E-state index is -0.215. The molecule has 0 bridgehead atoms. The number of amides is 1. The average Bonchev–Trinajstić information content (AvgIpc) is 2.59. The molecule has 1 aromatic carbocycles. The Morgan fingerprint density at radius 2 is 1.91 bits per heavy atom. The second-order valence-corrected chi connectivity index (χ2v) is 5.28. The lowest BCUT2D eigenvalue weighted by Crippen LogP contribution is -2.30. The lowest BCUT2D eigenvalue weighted by molar-refractivity contribution is -0.605. The van der Waals surface area contributed by atoms with E-state index in [9.17, 15) is 10.0 Å². The molecule has 1 amide bonds. The highest BCUT2D eigenvalue weighted by Crippen LogP contribution is 2.33. The summed E-state index contributed by atoms with van der Waals surface area (Å²) >= 11 is 0. The van der Waals surface area contributed by atoms with E-state index in [1.54, 1.807) is 0 Å². The Bertz CT molecular complexity index is 700. The fourth-order valence-corrected chi connectivity index (χ4v) is 2.50. The van der Waals surface area contributed by atoms with Crippen LogP contribution in [-0.4, -0.2) is 19.1 Å². The van der Waals surface area contributed by atoms with Gasteiger partial charge in [0.05, 0.1) is 11.6 Å². The molecule has 1 N–H and O–H groups in total. The number of pyridine rings is 1. The Balaban J connectivity index is 1.77. The van der Waals surface area contributed by atoms with Gasteiger partial charge in [-0.15, -0.1) is 0 Å². The van der Waals surface area contributed by atoms with Gasteiger partial charge in [-0.25, -0.2) is 0 Å². The van der Waals surface area contributed by atoms with Gasteiger partial charge in [0, 0.05) is 12.1 Å². The molecule has 120 valence electrons. The van der Waals surface area contributed by atoms with Crippen molar-refractivity contribution in [3.63, 3.8) is 0 Å². The highest BCUT2D eigenvalue weighted by Gasteiger charge is 2.18. The quantitative estimate of drug-likeness (QED) is 0.691. The number of ether oxygens (including phenoxy) is 2. The molecule has 23 heavy (non-hydrogen) atoms. The van der Waals surface area contributed by atoms with Gasteiger partial charge in [0.2, 0.25) is 0 Å². The highest BCUT2D eigenvalue weighted by atomic mass is 16.6. The first kappa shape index (κ1) is 15.1. The molecule has 6 heteroatoms. The van der Waals surface area contributed by atoms with E-state index in [4.69, 9.17) is 9.47 Å². The Morgan fingerprint density at radius 1 is 1.22 bits per heavy atom. The summed E-state index contributed by atoms with van der Waals surface area (Å²) in [6, 6.07) is 8.55. The third-order valence-corrected chi connectivity index (χ3v) is 3.75. The Kier molecular flexibility index (Phi) is 4.32. The van der Waals surface area contributed by atoms with Crippen molar-refractivity contribution in [1.82, 2.24) is 5.32 Å². The van der Waals surface area contributed by atoms with Crippen molar-refractivity contribution in [2.24, 2.45) is 0 Å². The summed E-state index contributed by atoms with van der Waals surface area (Å²) in [6.45, 7) is 3.07. The zero-order valence-electron chi connectivity index (χ0n) is 12.8. The van der Waals surface area contributed by atoms with E-state index in [0.29, 0.717) is 29.3 Å². The lowest BCUT2D eigenvalue weighted by Gasteiger charge is -2.22. The van der Waals surface area contributed by atoms with Crippen molar-refractivity contribution in [2.45, 2.75) is 19.4 Å². The summed E-state index contributed by atoms with van der Waals surface area (Å²) in [5.41, 5.74) is 1.41. The Morgan fingerprint density at radius 3 is 2.61 bits per heavy atom. The normalized spacial score (nSPS) is 14.1. The van der Waals surface area contributed by atoms with Gasteiger partial charge in [-0.3, -0.25) is 4.79 Å². The molecular formula is C17H18N2O4. The maximum Gasteiger partial charge on any atom is 0.252 e. The molecule has 1 atom stereocenters. The zero-order valence-corrected chi connectivity index (χ0v) is 12.8. The minimum absolute atomic E-state index is 0.141. The summed E-state index contributed by atoms with van der Waals surface area (Å²) in [5, 5.41) is 14.0. The first-order valence-electron chi connectivity index (χ1n) is 7.56. The van der Waals surface area contributed by atoms with E-state index >= 15 is 0 Å². The number of carbonyl (C=O) groups is 1. The van der Waals surface area contributed by atoms with E-state index in [1.165, 1.54) is 24.5 Å². The highest BCUT2D eigenvalue weighted by molar-refractivity contribution is 5.94. The molecule has 0 spiro atoms. The number of hydrogen-bond donors (Lipinski definition) is 1. The van der Waals surface area contributed by atoms with Crippen LogP contribution in [0.4, 0.5) is 0 Å². The number of fused-ring (bicyclic) bond motifs is 1. The van der Waals surface area contributed by atoms with E-state index in [-0.39, 0.29) is 11.9 Å². The summed E-state index contributed by atoms with van der Waals surface area (Å²) in [4.78, 5) is 12.3. The molecule has 1 aromatic heterocycles. The van der Waals surface area contributed by atoms with Gasteiger partial charge in [0.1, 0.15) is 13.2 Å². The van der Waals surface area contributed by atoms with E-state index in [0.717, 1.165) is 17.7 Å². The first-order valence-corrected chi connectivity index (χ1v) is 7.56. The monoisotopic (exact) mass is 314 g/mol. The number of rotatable bonds is 4. The van der Waals surface area contributed by atoms with Gasteiger partial charge in [-0.2, -0.15) is 4.73 Å². The van der Waals surface area contributed by atoms with E-state index in [2.05, 4.69) is 5.32 Å². The summed E-state index contributed by atoms with van der Waals surface area (Å²) in [6.07, 6.45) is 3.35. The SMILES string of the molecule is CCC(NC(=O)c1cc[n+]([O-])cc1)c1ccc2c(c1)OCCO2. The standard InChI is InChI=1S/C17H18N2O4/c1-2-14(18-17(20)12-5-7-19(21)8-6-12)13-3-4-15-16(11-13)23-10-9-22-15/h3-8,11,14H,2,9-10H2,1H3,(H,18,20). The van der Waals surface area contributed by atoms with Gasteiger partial charge < -0.3 is 20.0 Å². The fraction of sp³-hybridized carbons (Fsp3) is 0.294. The minimum Gasteiger partial charge on any atom is -0.619 e. The van der Waals surface area contributed by atoms with Crippen LogP contribution in [0.25, 0.3) is 0 Å². The maximum absolute atomic E-state index is 12.3. The van der Waals surface area contributed by atoms with Crippen LogP contribution < -0.4 is 19.5 Å². The maximum atomic E-state index is 12.3. The van der Waals surface area contributed by atoms with Crippen molar-refractivity contribution in [3.8, 4) is 11.5 Å². The van der Waals surface area contributed by atoms with Crippen LogP contribution in [0.3, 0.4) is 0 Å². The number of aromatic nitrogens is 1. The number of nitrogens with one attached hydrogen (secondary N) is 1. The predicted molar refractivity (Wildman–Crippen MR) is 83.3 cm³/mol. The molecule has 0 radical (unpaired) electrons. The molecule has 2 heterocycles. The molecular weight excluding hydrogens is 296 g/mol. The van der Waals surface area contributed by atoms with Crippen molar-refractivity contribution >= 4 is 5.91 Å². The summed E-state index contributed by atoms with van der Waals surface area (Å²) in [5.74, 6) is 1.21. The van der Waals surface area contributed by atoms with Crippen LogP contribution in [0.15, 0.2) is 42.7 Å². The number of carbonyl (C=O) groups excluding carboxylic acids is 1. The number of hydrogen-bond acceptors (Lipinski definition) is 4. The van der Waals surface area contributed by atoms with Crippen molar-refractivity contribution in [1.29, 1.82) is 0 Å². The first-order chi connectivity index (χ1) is 11.2. The van der Waals surface area contributed by atoms with Gasteiger partial charge >= 0.3 is 0 Å². The summed E-state index contributed by atoms with van der Waals surface area (Å²) in [7, 11) is 0. The van der Waals surface area contributed by atoms with Gasteiger partial charge in [-0.1, -0.05) is 13.0 Å². The van der Waals surface area contributed by atoms with Crippen LogP contribution in [0, 0.1) is 5.21 Å². The van der Waals surface area contributed by atoms with Crippen molar-refractivity contribution < 1.29 is 19.0 Å². The topological polar surface area (TPSA) is 74.5 Å². The van der Waals surface area contributed by atoms with E-state index < -0.39 is 0 Å². The molecule has 2 aromatic rings. The molecule has 1 unspecified atom stereocenters. The van der Waals surface area contributed by atoms with Crippen LogP contribution >= 0.6 is 0 Å². The second kappa shape index (κ2) is 6.56. The molecule has 0 aliphatic carbocycles. The number of nitrogens with zero attached hydrogens (tertiary/aromatic N) is 1. The molecule has 0 saturated heterocycles. The molecule has 6 nitrogen and oxygen atoms in total. The molecule has 0 saturated carbocycles. The number of benzene rings is 1. The molecule has 3 rings (SSSR count). The van der Waals surface area contributed by atoms with Gasteiger partial charge in [0.15, 0.2) is 23.9 Å². The third-order valence-electron chi connectivity index (χ3n) is 3.75. The van der Waals surface area contributed by atoms with E-state index in [1.807, 2.05) is 25.1 Å². The predicted octanol–water partition coefficient (Wildman–Crippen LogP) is 1.97. The van der Waals surface area contributed by atoms with Crippen molar-refractivity contribution in [3.05, 3.63) is 59.1 Å². The zero-order chi connectivity index (χ0) is 16.2. The average molecular weight is 314 g/mol. The largest absolute Gasteiger partial charge is 0.619 e. The van der Waals surface area contributed by atoms with Crippen LogP contribution in [0.2, 0.25) is 0 Å². The van der Waals surface area contributed by atoms with Gasteiger partial charge in [-0.05, 0) is 24.1 Å². The lowest BCUT2D eigenvalue weighted by atomic mass is 10.0. The van der Waals surface area contributed by atoms with Crippen LogP contribution in [-0.2, 0) is 0 Å². The molecule has 1 aliphatic heterocycles.